The second-order valence-electron chi connectivity index (χ2n) is 9.51. The van der Waals surface area contributed by atoms with Gasteiger partial charge in [-0.25, -0.2) is 0 Å². The summed E-state index contributed by atoms with van der Waals surface area (Å²) in [6.45, 7) is 3.85. The summed E-state index contributed by atoms with van der Waals surface area (Å²) >= 11 is 0. The van der Waals surface area contributed by atoms with Crippen molar-refractivity contribution in [1.82, 2.24) is 9.97 Å². The number of nitrogens with two attached hydrogens (primary N) is 1. The number of nitrogens with one attached hydrogen (secondary N) is 2. The zero-order chi connectivity index (χ0) is 23.1. The Morgan fingerprint density at radius 2 is 1.91 bits per heavy atom. The van der Waals surface area contributed by atoms with Gasteiger partial charge in [-0.1, -0.05) is 19.9 Å². The van der Waals surface area contributed by atoms with Crippen molar-refractivity contribution in [2.24, 2.45) is 11.7 Å². The minimum absolute atomic E-state index is 0.0888. The molecule has 2 aromatic heterocycles. The summed E-state index contributed by atoms with van der Waals surface area (Å²) in [6.07, 6.45) is 5.67. The number of aromatic hydroxyl groups is 1. The quantitative estimate of drug-likeness (QED) is 0.301. The molecule has 0 unspecified atom stereocenters. The van der Waals surface area contributed by atoms with Crippen molar-refractivity contribution in [2.75, 3.05) is 5.32 Å². The van der Waals surface area contributed by atoms with Crippen LogP contribution in [0.2, 0.25) is 0 Å². The SMILES string of the molecule is CC(C)C(=O)c1cnc2ccc(-c3cc4cc(O)ccc4[nH]3)cc2c1N[C@H]1CC[C@H](N)CC1. The third-order valence-corrected chi connectivity index (χ3v) is 6.69. The summed E-state index contributed by atoms with van der Waals surface area (Å²) in [4.78, 5) is 21.1. The van der Waals surface area contributed by atoms with E-state index in [1.54, 1.807) is 18.3 Å². The second-order valence-corrected chi connectivity index (χ2v) is 9.51. The zero-order valence-corrected chi connectivity index (χ0v) is 19.1. The van der Waals surface area contributed by atoms with E-state index in [0.717, 1.165) is 64.4 Å². The number of nitrogens with zero attached hydrogens (tertiary/aromatic N) is 1. The van der Waals surface area contributed by atoms with Crippen LogP contribution in [0.4, 0.5) is 5.69 Å². The van der Waals surface area contributed by atoms with E-state index < -0.39 is 0 Å². The number of aromatic nitrogens is 2. The Morgan fingerprint density at radius 3 is 2.67 bits per heavy atom. The number of carbonyl (C=O) groups is 1. The van der Waals surface area contributed by atoms with Crippen molar-refractivity contribution in [3.63, 3.8) is 0 Å². The number of fused-ring (bicyclic) bond motifs is 2. The van der Waals surface area contributed by atoms with Crippen molar-refractivity contribution in [3.8, 4) is 17.0 Å². The molecule has 1 saturated carbocycles. The maximum atomic E-state index is 13.1. The molecule has 170 valence electrons. The average molecular weight is 443 g/mol. The zero-order valence-electron chi connectivity index (χ0n) is 19.1. The van der Waals surface area contributed by atoms with Crippen molar-refractivity contribution < 1.29 is 9.90 Å². The summed E-state index contributed by atoms with van der Waals surface area (Å²) in [7, 11) is 0. The highest BCUT2D eigenvalue weighted by atomic mass is 16.3. The molecule has 0 saturated heterocycles. The summed E-state index contributed by atoms with van der Waals surface area (Å²) in [5.41, 5.74) is 11.4. The molecule has 0 atom stereocenters. The van der Waals surface area contributed by atoms with Crippen molar-refractivity contribution in [3.05, 3.63) is 54.2 Å². The van der Waals surface area contributed by atoms with Crippen molar-refractivity contribution in [2.45, 2.75) is 51.6 Å². The number of Topliss-reactive ketones (excluding diaryl/α,β-unsaturated/α-hetero) is 1. The number of hydrogen-bond acceptors (Lipinski definition) is 5. The van der Waals surface area contributed by atoms with E-state index in [0.29, 0.717) is 5.56 Å². The molecule has 0 radical (unpaired) electrons. The number of rotatable bonds is 5. The van der Waals surface area contributed by atoms with Crippen LogP contribution in [0.5, 0.6) is 5.75 Å². The number of ketones is 1. The number of aromatic amines is 1. The molecule has 0 spiro atoms. The van der Waals surface area contributed by atoms with E-state index in [2.05, 4.69) is 21.4 Å². The van der Waals surface area contributed by atoms with Gasteiger partial charge in [-0.3, -0.25) is 9.78 Å². The van der Waals surface area contributed by atoms with Gasteiger partial charge in [-0.05, 0) is 67.6 Å². The molecule has 6 nitrogen and oxygen atoms in total. The first-order valence-electron chi connectivity index (χ1n) is 11.7. The van der Waals surface area contributed by atoms with Crippen LogP contribution in [0.3, 0.4) is 0 Å². The first-order chi connectivity index (χ1) is 15.9. The Hall–Kier alpha value is -3.38. The lowest BCUT2D eigenvalue weighted by atomic mass is 9.90. The van der Waals surface area contributed by atoms with Crippen LogP contribution < -0.4 is 11.1 Å². The number of carbonyl (C=O) groups excluding carboxylic acids is 1. The maximum absolute atomic E-state index is 13.1. The number of benzene rings is 2. The van der Waals surface area contributed by atoms with Crippen LogP contribution in [0.15, 0.2) is 48.7 Å². The number of phenols is 1. The highest BCUT2D eigenvalue weighted by Gasteiger charge is 2.23. The lowest BCUT2D eigenvalue weighted by Gasteiger charge is -2.29. The maximum Gasteiger partial charge on any atom is 0.169 e. The lowest BCUT2D eigenvalue weighted by molar-refractivity contribution is 0.0940. The molecule has 1 fully saturated rings. The fourth-order valence-electron chi connectivity index (χ4n) is 4.76. The van der Waals surface area contributed by atoms with Gasteiger partial charge in [-0.15, -0.1) is 0 Å². The van der Waals surface area contributed by atoms with E-state index >= 15 is 0 Å². The molecule has 5 rings (SSSR count). The summed E-state index contributed by atoms with van der Waals surface area (Å²) in [5, 5.41) is 15.4. The monoisotopic (exact) mass is 442 g/mol. The smallest absolute Gasteiger partial charge is 0.169 e. The van der Waals surface area contributed by atoms with Crippen LogP contribution in [0.25, 0.3) is 33.1 Å². The summed E-state index contributed by atoms with van der Waals surface area (Å²) < 4.78 is 0. The first kappa shape index (κ1) is 21.5. The number of phenolic OH excluding ortho intramolecular Hbond substituents is 1. The summed E-state index contributed by atoms with van der Waals surface area (Å²) in [5.74, 6) is 0.214. The normalized spacial score (nSPS) is 18.8. The largest absolute Gasteiger partial charge is 0.508 e. The van der Waals surface area contributed by atoms with Crippen molar-refractivity contribution in [1.29, 1.82) is 0 Å². The van der Waals surface area contributed by atoms with Gasteiger partial charge in [0.2, 0.25) is 0 Å². The molecule has 2 aromatic carbocycles. The standard InChI is InChI=1S/C27H30N4O2/c1-15(2)27(33)22-14-29-24-9-3-16(25-13-17-11-20(32)8-10-23(17)31-25)12-21(24)26(22)30-19-6-4-18(28)5-7-19/h3,8-15,18-19,31-32H,4-7,28H2,1-2H3,(H,29,30)/t18-,19-. The van der Waals surface area contributed by atoms with Gasteiger partial charge in [-0.2, -0.15) is 0 Å². The van der Waals surface area contributed by atoms with E-state index in [9.17, 15) is 9.90 Å². The van der Waals surface area contributed by atoms with Gasteiger partial charge in [0.1, 0.15) is 5.75 Å². The molecule has 6 heteroatoms. The number of hydrogen-bond donors (Lipinski definition) is 4. The Labute approximate surface area is 193 Å². The molecular formula is C27H30N4O2. The van der Waals surface area contributed by atoms with Gasteiger partial charge in [0.15, 0.2) is 5.78 Å². The van der Waals surface area contributed by atoms with Gasteiger partial charge >= 0.3 is 0 Å². The van der Waals surface area contributed by atoms with E-state index in [4.69, 9.17) is 5.73 Å². The third-order valence-electron chi connectivity index (χ3n) is 6.69. The Balaban J connectivity index is 1.62. The lowest BCUT2D eigenvalue weighted by Crippen LogP contribution is -2.33. The number of anilines is 1. The van der Waals surface area contributed by atoms with Crippen LogP contribution in [0.1, 0.15) is 49.9 Å². The fourth-order valence-corrected chi connectivity index (χ4v) is 4.76. The Bertz CT molecular complexity index is 1330. The minimum Gasteiger partial charge on any atom is -0.508 e. The first-order valence-corrected chi connectivity index (χ1v) is 11.7. The predicted molar refractivity (Wildman–Crippen MR) is 134 cm³/mol. The third kappa shape index (κ3) is 4.18. The molecule has 5 N–H and O–H groups in total. The fraction of sp³-hybridized carbons (Fsp3) is 0.333. The van der Waals surface area contributed by atoms with E-state index in [1.807, 2.05) is 38.1 Å². The van der Waals surface area contributed by atoms with Crippen LogP contribution in [-0.4, -0.2) is 32.9 Å². The highest BCUT2D eigenvalue weighted by molar-refractivity contribution is 6.09. The summed E-state index contributed by atoms with van der Waals surface area (Å²) in [6, 6.07) is 14.0. The van der Waals surface area contributed by atoms with E-state index in [1.165, 1.54) is 0 Å². The van der Waals surface area contributed by atoms with Crippen molar-refractivity contribution >= 4 is 33.3 Å². The predicted octanol–water partition coefficient (Wildman–Crippen LogP) is 5.61. The molecule has 1 aliphatic carbocycles. The highest BCUT2D eigenvalue weighted by Crippen LogP contribution is 2.34. The average Bonchev–Trinajstić information content (AvgIpc) is 3.23. The Morgan fingerprint density at radius 1 is 1.12 bits per heavy atom. The van der Waals surface area contributed by atoms with E-state index in [-0.39, 0.29) is 29.5 Å². The number of pyridine rings is 1. The van der Waals surface area contributed by atoms with Gasteiger partial charge in [0.05, 0.1) is 16.8 Å². The van der Waals surface area contributed by atoms with Crippen LogP contribution >= 0.6 is 0 Å². The molecule has 33 heavy (non-hydrogen) atoms. The topological polar surface area (TPSA) is 104 Å². The molecule has 0 aliphatic heterocycles. The van der Waals surface area contributed by atoms with Crippen LogP contribution in [-0.2, 0) is 0 Å². The second kappa shape index (κ2) is 8.52. The molecule has 0 bridgehead atoms. The molecule has 0 amide bonds. The van der Waals surface area contributed by atoms with Gasteiger partial charge < -0.3 is 21.1 Å². The Kier molecular flexibility index (Phi) is 5.54. The van der Waals surface area contributed by atoms with Crippen LogP contribution in [0, 0.1) is 5.92 Å². The molecule has 2 heterocycles. The number of H-pyrrole nitrogens is 1. The molecule has 1 aliphatic rings. The van der Waals surface area contributed by atoms with Gasteiger partial charge in [0, 0.05) is 46.2 Å². The van der Waals surface area contributed by atoms with Gasteiger partial charge in [0.25, 0.3) is 0 Å². The molecular weight excluding hydrogens is 412 g/mol. The molecule has 4 aromatic rings. The minimum atomic E-state index is -0.117.